The van der Waals surface area contributed by atoms with Crippen molar-refractivity contribution in [3.63, 3.8) is 0 Å². The number of phenolic OH excluding ortho intramolecular Hbond substituents is 1. The number of likely N-dealkylation sites (tertiary alicyclic amines) is 1. The fourth-order valence-corrected chi connectivity index (χ4v) is 5.79. The van der Waals surface area contributed by atoms with Gasteiger partial charge in [0.25, 0.3) is 0 Å². The normalized spacial score (nSPS) is 30.2. The molecule has 4 fully saturated rings. The van der Waals surface area contributed by atoms with Gasteiger partial charge in [-0.2, -0.15) is 0 Å². The van der Waals surface area contributed by atoms with Crippen LogP contribution in [-0.2, 0) is 11.2 Å². The number of ether oxygens (including phenoxy) is 1. The lowest BCUT2D eigenvalue weighted by Gasteiger charge is -2.51. The maximum atomic E-state index is 13.3. The molecule has 152 valence electrons. The van der Waals surface area contributed by atoms with Crippen LogP contribution in [0.5, 0.6) is 11.5 Å². The summed E-state index contributed by atoms with van der Waals surface area (Å²) >= 11 is 0. The number of methoxy groups -OCH3 is 1. The van der Waals surface area contributed by atoms with Crippen LogP contribution < -0.4 is 4.74 Å². The molecular weight excluding hydrogens is 364 g/mol. The molecule has 2 bridgehead atoms. The highest BCUT2D eigenvalue weighted by Gasteiger charge is 2.54. The number of carbonyl (C=O) groups is 1. The third kappa shape index (κ3) is 3.27. The summed E-state index contributed by atoms with van der Waals surface area (Å²) in [6.07, 6.45) is 2.72. The maximum absolute atomic E-state index is 13.3. The zero-order valence-electron chi connectivity index (χ0n) is 16.8. The van der Waals surface area contributed by atoms with Crippen molar-refractivity contribution in [1.29, 1.82) is 0 Å². The van der Waals surface area contributed by atoms with Crippen molar-refractivity contribution in [3.05, 3.63) is 59.7 Å². The molecule has 2 aromatic rings. The number of fused-ring (bicyclic) bond motifs is 2. The van der Waals surface area contributed by atoms with E-state index in [0.29, 0.717) is 30.3 Å². The van der Waals surface area contributed by atoms with E-state index in [1.807, 2.05) is 18.2 Å². The van der Waals surface area contributed by atoms with E-state index < -0.39 is 0 Å². The molecule has 5 nitrogen and oxygen atoms in total. The van der Waals surface area contributed by atoms with Gasteiger partial charge in [0, 0.05) is 18.5 Å². The van der Waals surface area contributed by atoms with Gasteiger partial charge >= 0.3 is 0 Å². The molecule has 5 heteroatoms. The van der Waals surface area contributed by atoms with Crippen molar-refractivity contribution in [2.24, 2.45) is 5.92 Å². The number of nitrogens with zero attached hydrogens (tertiary/aromatic N) is 2. The lowest BCUT2D eigenvalue weighted by molar-refractivity contribution is -0.135. The molecule has 4 aliphatic heterocycles. The van der Waals surface area contributed by atoms with E-state index in [9.17, 15) is 9.90 Å². The summed E-state index contributed by atoms with van der Waals surface area (Å²) in [7, 11) is 1.69. The van der Waals surface area contributed by atoms with Crippen molar-refractivity contribution in [3.8, 4) is 11.5 Å². The Morgan fingerprint density at radius 1 is 1.10 bits per heavy atom. The highest BCUT2D eigenvalue weighted by Crippen LogP contribution is 2.46. The van der Waals surface area contributed by atoms with Crippen molar-refractivity contribution in [2.75, 3.05) is 26.7 Å². The average Bonchev–Trinajstić information content (AvgIpc) is 3.18. The largest absolute Gasteiger partial charge is 0.508 e. The van der Waals surface area contributed by atoms with Crippen molar-refractivity contribution < 1.29 is 14.6 Å². The first-order chi connectivity index (χ1) is 14.1. The van der Waals surface area contributed by atoms with Crippen molar-refractivity contribution in [1.82, 2.24) is 9.80 Å². The summed E-state index contributed by atoms with van der Waals surface area (Å²) < 4.78 is 5.33. The van der Waals surface area contributed by atoms with E-state index in [0.717, 1.165) is 30.9 Å². The zero-order chi connectivity index (χ0) is 20.0. The Kier molecular flexibility index (Phi) is 4.70. The molecular formula is C24H28N2O3. The second-order valence-electron chi connectivity index (χ2n) is 8.63. The lowest BCUT2D eigenvalue weighted by Crippen LogP contribution is -2.60. The molecule has 0 radical (unpaired) electrons. The third-order valence-corrected chi connectivity index (χ3v) is 7.12. The van der Waals surface area contributed by atoms with Gasteiger partial charge in [-0.25, -0.2) is 0 Å². The molecule has 0 spiro atoms. The Morgan fingerprint density at radius 3 is 2.55 bits per heavy atom. The average molecular weight is 392 g/mol. The minimum atomic E-state index is 0.176. The van der Waals surface area contributed by atoms with E-state index in [1.54, 1.807) is 25.3 Å². The first-order valence-corrected chi connectivity index (χ1v) is 10.6. The second kappa shape index (κ2) is 7.38. The van der Waals surface area contributed by atoms with Gasteiger partial charge in [0.1, 0.15) is 11.5 Å². The summed E-state index contributed by atoms with van der Waals surface area (Å²) in [6.45, 7) is 3.06. The van der Waals surface area contributed by atoms with E-state index >= 15 is 0 Å². The van der Waals surface area contributed by atoms with Crippen LogP contribution in [0.2, 0.25) is 0 Å². The number of carbonyl (C=O) groups excluding carboxylic acids is 1. The molecule has 0 aliphatic carbocycles. The lowest BCUT2D eigenvalue weighted by atomic mass is 9.75. The summed E-state index contributed by atoms with van der Waals surface area (Å²) in [5.41, 5.74) is 2.17. The number of rotatable bonds is 4. The number of aromatic hydroxyl groups is 1. The SMILES string of the molecule is COc1ccc(C2CN(C(=O)Cc3cccc(O)c3)C3C4CCN(CC4)C23)cc1. The Balaban J connectivity index is 1.43. The molecule has 2 aromatic carbocycles. The first-order valence-electron chi connectivity index (χ1n) is 10.6. The van der Waals surface area contributed by atoms with E-state index in [2.05, 4.69) is 21.9 Å². The molecule has 6 rings (SSSR count). The standard InChI is InChI=1S/C24H28N2O3/c1-29-20-7-5-17(6-8-20)21-15-26(22(28)14-16-3-2-4-19(27)13-16)23-18-9-11-25(12-10-18)24(21)23/h2-8,13,18,21,23-24,27H,9-12,14-15H2,1H3. The summed E-state index contributed by atoms with van der Waals surface area (Å²) in [6, 6.07) is 16.1. The predicted molar refractivity (Wildman–Crippen MR) is 111 cm³/mol. The smallest absolute Gasteiger partial charge is 0.227 e. The molecule has 4 saturated heterocycles. The highest BCUT2D eigenvalue weighted by molar-refractivity contribution is 5.80. The number of benzene rings is 2. The summed E-state index contributed by atoms with van der Waals surface area (Å²) in [4.78, 5) is 18.1. The van der Waals surface area contributed by atoms with Gasteiger partial charge in [-0.1, -0.05) is 24.3 Å². The molecule has 1 N–H and O–H groups in total. The maximum Gasteiger partial charge on any atom is 0.227 e. The minimum Gasteiger partial charge on any atom is -0.508 e. The molecule has 4 aliphatic rings. The third-order valence-electron chi connectivity index (χ3n) is 7.12. The Hall–Kier alpha value is -2.53. The van der Waals surface area contributed by atoms with Crippen LogP contribution >= 0.6 is 0 Å². The van der Waals surface area contributed by atoms with Crippen LogP contribution in [-0.4, -0.2) is 59.6 Å². The van der Waals surface area contributed by atoms with Gasteiger partial charge < -0.3 is 14.7 Å². The fourth-order valence-electron chi connectivity index (χ4n) is 5.79. The van der Waals surface area contributed by atoms with Gasteiger partial charge in [0.15, 0.2) is 0 Å². The van der Waals surface area contributed by atoms with Gasteiger partial charge in [-0.05, 0) is 67.2 Å². The number of piperidine rings is 3. The number of phenols is 1. The monoisotopic (exact) mass is 392 g/mol. The quantitative estimate of drug-likeness (QED) is 0.869. The van der Waals surface area contributed by atoms with Crippen LogP contribution in [0.25, 0.3) is 0 Å². The predicted octanol–water partition coefficient (Wildman–Crippen LogP) is 3.03. The van der Waals surface area contributed by atoms with Crippen molar-refractivity contribution in [2.45, 2.75) is 37.3 Å². The van der Waals surface area contributed by atoms with Crippen LogP contribution in [0.4, 0.5) is 0 Å². The zero-order valence-corrected chi connectivity index (χ0v) is 16.8. The molecule has 3 atom stereocenters. The van der Waals surface area contributed by atoms with Gasteiger partial charge in [0.05, 0.1) is 19.6 Å². The van der Waals surface area contributed by atoms with Crippen molar-refractivity contribution >= 4 is 5.91 Å². The van der Waals surface area contributed by atoms with Gasteiger partial charge in [-0.3, -0.25) is 9.69 Å². The molecule has 29 heavy (non-hydrogen) atoms. The van der Waals surface area contributed by atoms with E-state index in [1.165, 1.54) is 18.4 Å². The highest BCUT2D eigenvalue weighted by atomic mass is 16.5. The van der Waals surface area contributed by atoms with Crippen LogP contribution in [0, 0.1) is 5.92 Å². The summed E-state index contributed by atoms with van der Waals surface area (Å²) in [5.74, 6) is 2.19. The summed E-state index contributed by atoms with van der Waals surface area (Å²) in [5, 5.41) is 9.76. The molecule has 0 aromatic heterocycles. The molecule has 0 saturated carbocycles. The Morgan fingerprint density at radius 2 is 1.86 bits per heavy atom. The number of amides is 1. The topological polar surface area (TPSA) is 53.0 Å². The Bertz CT molecular complexity index is 889. The van der Waals surface area contributed by atoms with Gasteiger partial charge in [0.2, 0.25) is 5.91 Å². The van der Waals surface area contributed by atoms with E-state index in [-0.39, 0.29) is 11.7 Å². The van der Waals surface area contributed by atoms with Gasteiger partial charge in [-0.15, -0.1) is 0 Å². The Labute approximate surface area is 171 Å². The van der Waals surface area contributed by atoms with Crippen LogP contribution in [0.15, 0.2) is 48.5 Å². The van der Waals surface area contributed by atoms with Crippen LogP contribution in [0.1, 0.15) is 29.9 Å². The molecule has 3 unspecified atom stereocenters. The second-order valence-corrected chi connectivity index (χ2v) is 8.63. The molecule has 1 amide bonds. The number of hydrogen-bond acceptors (Lipinski definition) is 4. The van der Waals surface area contributed by atoms with E-state index in [4.69, 9.17) is 4.74 Å². The molecule has 4 heterocycles. The fraction of sp³-hybridized carbons (Fsp3) is 0.458. The minimum absolute atomic E-state index is 0.176. The van der Waals surface area contributed by atoms with Crippen LogP contribution in [0.3, 0.4) is 0 Å². The number of hydrogen-bond donors (Lipinski definition) is 1. The first kappa shape index (κ1) is 18.5.